The average Bonchev–Trinajstić information content (AvgIpc) is 3.11. The maximum Gasteiger partial charge on any atom is 0.231 e. The van der Waals surface area contributed by atoms with E-state index in [2.05, 4.69) is 16.9 Å². The number of hydrogen-bond acceptors (Lipinski definition) is 5. The Morgan fingerprint density at radius 3 is 2.92 bits per heavy atom. The molecule has 0 fully saturated rings. The van der Waals surface area contributed by atoms with Crippen LogP contribution in [-0.4, -0.2) is 28.8 Å². The monoisotopic (exact) mass is 341 g/mol. The Bertz CT molecular complexity index is 783. The van der Waals surface area contributed by atoms with Crippen LogP contribution in [0.2, 0.25) is 0 Å². The van der Waals surface area contributed by atoms with Crippen LogP contribution in [-0.2, 0) is 4.79 Å². The van der Waals surface area contributed by atoms with Crippen molar-refractivity contribution >= 4 is 34.2 Å². The van der Waals surface area contributed by atoms with E-state index in [0.717, 1.165) is 27.9 Å². The number of carbonyl (C=O) groups is 1. The second-order valence-corrected chi connectivity index (χ2v) is 6.45. The maximum atomic E-state index is 12.2. The third-order valence-corrected chi connectivity index (χ3v) is 4.83. The highest BCUT2D eigenvalue weighted by molar-refractivity contribution is 8.14. The molecule has 0 saturated carbocycles. The number of thioether (sulfide) groups is 1. The van der Waals surface area contributed by atoms with Crippen molar-refractivity contribution in [1.82, 2.24) is 10.2 Å². The predicted molar refractivity (Wildman–Crippen MR) is 98.1 cm³/mol. The average molecular weight is 341 g/mol. The molecule has 1 N–H and O–H groups in total. The van der Waals surface area contributed by atoms with Crippen LogP contribution in [0.15, 0.2) is 58.6 Å². The highest BCUT2D eigenvalue weighted by Crippen LogP contribution is 2.34. The van der Waals surface area contributed by atoms with E-state index in [9.17, 15) is 4.79 Å². The molecule has 5 nitrogen and oxygen atoms in total. The summed E-state index contributed by atoms with van der Waals surface area (Å²) in [5, 5.41) is 3.68. The first kappa shape index (κ1) is 16.4. The zero-order valence-electron chi connectivity index (χ0n) is 13.7. The molecule has 0 unspecified atom stereocenters. The zero-order chi connectivity index (χ0) is 17.1. The van der Waals surface area contributed by atoms with Crippen molar-refractivity contribution in [3.05, 3.63) is 60.6 Å². The zero-order valence-corrected chi connectivity index (χ0v) is 14.5. The van der Waals surface area contributed by atoms with Gasteiger partial charge in [-0.1, -0.05) is 36.5 Å². The Kier molecular flexibility index (Phi) is 4.76. The summed E-state index contributed by atoms with van der Waals surface area (Å²) in [6.07, 6.45) is 1.60. The lowest BCUT2D eigenvalue weighted by Gasteiger charge is -2.28. The minimum Gasteiger partial charge on any atom is -0.467 e. The van der Waals surface area contributed by atoms with Gasteiger partial charge in [-0.2, -0.15) is 0 Å². The molecule has 0 bridgehead atoms. The third kappa shape index (κ3) is 3.38. The van der Waals surface area contributed by atoms with Gasteiger partial charge in [0.15, 0.2) is 5.17 Å². The van der Waals surface area contributed by atoms with Gasteiger partial charge in [0.05, 0.1) is 23.7 Å². The van der Waals surface area contributed by atoms with E-state index in [0.29, 0.717) is 0 Å². The quantitative estimate of drug-likeness (QED) is 0.919. The maximum absolute atomic E-state index is 12.2. The number of nitrogens with zero attached hydrogens (tertiary/aromatic N) is 2. The predicted octanol–water partition coefficient (Wildman–Crippen LogP) is 3.79. The van der Waals surface area contributed by atoms with E-state index < -0.39 is 0 Å². The molecule has 1 amide bonds. The summed E-state index contributed by atoms with van der Waals surface area (Å²) in [5.41, 5.74) is 2.78. The number of carbonyl (C=O) groups excluding carboxylic acids is 1. The summed E-state index contributed by atoms with van der Waals surface area (Å²) in [7, 11) is 1.91. The fraction of sp³-hybridized carbons (Fsp3) is 0.222. The van der Waals surface area contributed by atoms with Gasteiger partial charge < -0.3 is 14.6 Å². The Balaban J connectivity index is 1.63. The Hall–Kier alpha value is -2.47. The number of amides is 1. The smallest absolute Gasteiger partial charge is 0.231 e. The van der Waals surface area contributed by atoms with Crippen LogP contribution in [0.1, 0.15) is 24.3 Å². The molecular formula is C18H19N3O2S. The lowest BCUT2D eigenvalue weighted by atomic mass is 10.1. The van der Waals surface area contributed by atoms with Gasteiger partial charge in [0.2, 0.25) is 5.91 Å². The molecule has 1 atom stereocenters. The highest BCUT2D eigenvalue weighted by Gasteiger charge is 2.21. The molecule has 2 heterocycles. The molecule has 124 valence electrons. The molecule has 3 rings (SSSR count). The lowest BCUT2D eigenvalue weighted by molar-refractivity contribution is -0.119. The van der Waals surface area contributed by atoms with Gasteiger partial charge in [0.25, 0.3) is 0 Å². The minimum atomic E-state index is -0.158. The van der Waals surface area contributed by atoms with Crippen molar-refractivity contribution in [3.8, 4) is 0 Å². The van der Waals surface area contributed by atoms with Crippen LogP contribution in [0.5, 0.6) is 0 Å². The van der Waals surface area contributed by atoms with Crippen LogP contribution in [0.4, 0.5) is 5.69 Å². The van der Waals surface area contributed by atoms with Gasteiger partial charge in [-0.15, -0.1) is 0 Å². The second kappa shape index (κ2) is 6.97. The summed E-state index contributed by atoms with van der Waals surface area (Å²) >= 11 is 1.39. The van der Waals surface area contributed by atoms with Crippen molar-refractivity contribution in [2.45, 2.75) is 13.0 Å². The molecule has 0 saturated heterocycles. The SMILES string of the molecule is C=C1c2ccccc2N=C(SCC(=O)N[C@@H](C)c2ccco2)N1C. The van der Waals surface area contributed by atoms with Gasteiger partial charge in [-0.05, 0) is 25.1 Å². The first-order chi connectivity index (χ1) is 11.6. The molecule has 2 aromatic rings. The van der Waals surface area contributed by atoms with E-state index >= 15 is 0 Å². The molecule has 1 aromatic carbocycles. The summed E-state index contributed by atoms with van der Waals surface area (Å²) in [6.45, 7) is 6.01. The van der Waals surface area contributed by atoms with Crippen LogP contribution in [0, 0.1) is 0 Å². The molecule has 24 heavy (non-hydrogen) atoms. The number of hydrogen-bond donors (Lipinski definition) is 1. The first-order valence-electron chi connectivity index (χ1n) is 7.62. The van der Waals surface area contributed by atoms with E-state index in [-0.39, 0.29) is 17.7 Å². The topological polar surface area (TPSA) is 57.8 Å². The molecule has 0 radical (unpaired) electrons. The number of furan rings is 1. The van der Waals surface area contributed by atoms with Crippen LogP contribution in [0.3, 0.4) is 0 Å². The number of para-hydroxylation sites is 1. The van der Waals surface area contributed by atoms with E-state index in [1.54, 1.807) is 6.26 Å². The second-order valence-electron chi connectivity index (χ2n) is 5.51. The molecule has 1 aliphatic rings. The van der Waals surface area contributed by atoms with Crippen molar-refractivity contribution < 1.29 is 9.21 Å². The van der Waals surface area contributed by atoms with Gasteiger partial charge in [0.1, 0.15) is 5.76 Å². The largest absolute Gasteiger partial charge is 0.467 e. The molecule has 0 spiro atoms. The number of amidine groups is 1. The van der Waals surface area contributed by atoms with Gasteiger partial charge in [-0.25, -0.2) is 4.99 Å². The molecular weight excluding hydrogens is 322 g/mol. The van der Waals surface area contributed by atoms with Crippen LogP contribution < -0.4 is 5.32 Å². The summed E-state index contributed by atoms with van der Waals surface area (Å²) in [5.74, 6) is 0.955. The standard InChI is InChI=1S/C18H19N3O2S/c1-12(16-9-6-10-23-16)19-17(22)11-24-18-20-15-8-5-4-7-14(15)13(2)21(18)3/h4-10,12H,2,11H2,1,3H3,(H,19,22)/t12-/m0/s1. The third-order valence-electron chi connectivity index (χ3n) is 3.80. The number of rotatable bonds is 4. The summed E-state index contributed by atoms with van der Waals surface area (Å²) in [4.78, 5) is 18.7. The number of benzene rings is 1. The number of fused-ring (bicyclic) bond motifs is 1. The van der Waals surface area contributed by atoms with Gasteiger partial charge >= 0.3 is 0 Å². The number of nitrogens with one attached hydrogen (secondary N) is 1. The summed E-state index contributed by atoms with van der Waals surface area (Å²) < 4.78 is 5.30. The Labute approximate surface area is 145 Å². The summed E-state index contributed by atoms with van der Waals surface area (Å²) in [6, 6.07) is 11.4. The fourth-order valence-corrected chi connectivity index (χ4v) is 3.25. The highest BCUT2D eigenvalue weighted by atomic mass is 32.2. The van der Waals surface area contributed by atoms with Crippen LogP contribution in [0.25, 0.3) is 5.70 Å². The van der Waals surface area contributed by atoms with Crippen LogP contribution >= 0.6 is 11.8 Å². The van der Waals surface area contributed by atoms with Gasteiger partial charge in [-0.3, -0.25) is 4.79 Å². The Morgan fingerprint density at radius 2 is 2.17 bits per heavy atom. The van der Waals surface area contributed by atoms with Crippen molar-refractivity contribution in [2.24, 2.45) is 4.99 Å². The first-order valence-corrected chi connectivity index (χ1v) is 8.61. The van der Waals surface area contributed by atoms with Crippen molar-refractivity contribution in [3.63, 3.8) is 0 Å². The van der Waals surface area contributed by atoms with Crippen molar-refractivity contribution in [2.75, 3.05) is 12.8 Å². The van der Waals surface area contributed by atoms with Crippen molar-refractivity contribution in [1.29, 1.82) is 0 Å². The fourth-order valence-electron chi connectivity index (χ4n) is 2.44. The van der Waals surface area contributed by atoms with Gasteiger partial charge in [0, 0.05) is 18.3 Å². The Morgan fingerprint density at radius 1 is 1.38 bits per heavy atom. The van der Waals surface area contributed by atoms with E-state index in [1.807, 2.05) is 55.3 Å². The molecule has 6 heteroatoms. The minimum absolute atomic E-state index is 0.0653. The van der Waals surface area contributed by atoms with E-state index in [1.165, 1.54) is 11.8 Å². The normalized spacial score (nSPS) is 14.8. The number of aliphatic imine (C=N–C) groups is 1. The molecule has 0 aliphatic carbocycles. The lowest BCUT2D eigenvalue weighted by Crippen LogP contribution is -2.31. The molecule has 1 aliphatic heterocycles. The van der Waals surface area contributed by atoms with E-state index in [4.69, 9.17) is 4.42 Å². The molecule has 1 aromatic heterocycles.